The Labute approximate surface area is 210 Å². The van der Waals surface area contributed by atoms with E-state index in [1.165, 1.54) is 19.1 Å². The third kappa shape index (κ3) is 6.64. The molecule has 4 rings (SSSR count). The number of benzene rings is 3. The number of hydrogen-bond donors (Lipinski definition) is 2. The Kier molecular flexibility index (Phi) is 8.23. The van der Waals surface area contributed by atoms with Crippen LogP contribution in [0.3, 0.4) is 0 Å². The first kappa shape index (κ1) is 25.3. The number of nitrogens with zero attached hydrogens (tertiary/aromatic N) is 1. The molecule has 0 aliphatic carbocycles. The molecule has 0 fully saturated rings. The smallest absolute Gasteiger partial charge is 0.237 e. The van der Waals surface area contributed by atoms with E-state index in [0.717, 1.165) is 16.7 Å². The van der Waals surface area contributed by atoms with Gasteiger partial charge in [0.15, 0.2) is 5.78 Å². The predicted molar refractivity (Wildman–Crippen MR) is 137 cm³/mol. The largest absolute Gasteiger partial charge is 0.354 e. The van der Waals surface area contributed by atoms with E-state index in [4.69, 9.17) is 0 Å². The van der Waals surface area contributed by atoms with E-state index in [1.807, 2.05) is 23.1 Å². The predicted octanol–water partition coefficient (Wildman–Crippen LogP) is 4.14. The van der Waals surface area contributed by atoms with Gasteiger partial charge in [0.05, 0.1) is 6.04 Å². The van der Waals surface area contributed by atoms with E-state index < -0.39 is 0 Å². The number of nitrogens with one attached hydrogen (secondary N) is 2. The van der Waals surface area contributed by atoms with Gasteiger partial charge in [0.2, 0.25) is 11.8 Å². The van der Waals surface area contributed by atoms with Gasteiger partial charge in [-0.2, -0.15) is 0 Å². The minimum atomic E-state index is -0.379. The fourth-order valence-corrected chi connectivity index (χ4v) is 4.43. The molecule has 2 N–H and O–H groups in total. The Morgan fingerprint density at radius 2 is 1.64 bits per heavy atom. The van der Waals surface area contributed by atoms with Gasteiger partial charge in [-0.15, -0.1) is 0 Å². The maximum Gasteiger partial charge on any atom is 0.237 e. The van der Waals surface area contributed by atoms with Crippen molar-refractivity contribution in [3.8, 4) is 0 Å². The topological polar surface area (TPSA) is 78.5 Å². The van der Waals surface area contributed by atoms with Gasteiger partial charge in [-0.25, -0.2) is 4.39 Å². The number of amides is 2. The summed E-state index contributed by atoms with van der Waals surface area (Å²) in [4.78, 5) is 39.3. The van der Waals surface area contributed by atoms with Crippen LogP contribution in [0.2, 0.25) is 0 Å². The lowest BCUT2D eigenvalue weighted by Gasteiger charge is -2.36. The van der Waals surface area contributed by atoms with Crippen LogP contribution in [-0.2, 0) is 29.0 Å². The van der Waals surface area contributed by atoms with E-state index >= 15 is 0 Å². The number of halogens is 1. The monoisotopic (exact) mass is 487 g/mol. The number of carbonyl (C=O) groups excluding carboxylic acids is 3. The van der Waals surface area contributed by atoms with Crippen molar-refractivity contribution < 1.29 is 18.8 Å². The second kappa shape index (κ2) is 11.7. The summed E-state index contributed by atoms with van der Waals surface area (Å²) in [6.07, 6.45) is 1.42. The summed E-state index contributed by atoms with van der Waals surface area (Å²) in [5, 5.41) is 5.88. The molecule has 2 amide bonds. The Balaban J connectivity index is 1.36. The molecule has 1 aliphatic rings. The molecule has 0 bridgehead atoms. The highest BCUT2D eigenvalue weighted by Crippen LogP contribution is 2.24. The second-order valence-electron chi connectivity index (χ2n) is 9.06. The van der Waals surface area contributed by atoms with Crippen LogP contribution in [0.5, 0.6) is 0 Å². The van der Waals surface area contributed by atoms with E-state index in [1.54, 1.807) is 36.4 Å². The molecule has 6 nitrogen and oxygen atoms in total. The van der Waals surface area contributed by atoms with E-state index in [9.17, 15) is 18.8 Å². The van der Waals surface area contributed by atoms with Crippen molar-refractivity contribution in [2.45, 2.75) is 38.8 Å². The maximum absolute atomic E-state index is 13.1. The van der Waals surface area contributed by atoms with Gasteiger partial charge in [-0.1, -0.05) is 36.4 Å². The molecule has 186 valence electrons. The lowest BCUT2D eigenvalue weighted by atomic mass is 9.93. The van der Waals surface area contributed by atoms with Crippen LogP contribution in [-0.4, -0.2) is 41.6 Å². The Morgan fingerprint density at radius 1 is 0.944 bits per heavy atom. The first-order valence-electron chi connectivity index (χ1n) is 12.1. The fraction of sp³-hybridized carbons (Fsp3) is 0.276. The zero-order chi connectivity index (χ0) is 25.5. The molecular formula is C29H30FN3O3. The number of rotatable bonds is 9. The van der Waals surface area contributed by atoms with Gasteiger partial charge in [-0.3, -0.25) is 19.3 Å². The lowest BCUT2D eigenvalue weighted by molar-refractivity contribution is -0.127. The van der Waals surface area contributed by atoms with Crippen LogP contribution in [0.25, 0.3) is 0 Å². The zero-order valence-corrected chi connectivity index (χ0v) is 20.3. The molecule has 0 saturated heterocycles. The molecule has 0 spiro atoms. The van der Waals surface area contributed by atoms with Gasteiger partial charge in [-0.05, 0) is 72.9 Å². The second-order valence-corrected chi connectivity index (χ2v) is 9.06. The Bertz CT molecular complexity index is 1230. The normalized spacial score (nSPS) is 15.1. The van der Waals surface area contributed by atoms with Gasteiger partial charge >= 0.3 is 0 Å². The van der Waals surface area contributed by atoms with E-state index in [0.29, 0.717) is 43.7 Å². The molecule has 3 aromatic carbocycles. The summed E-state index contributed by atoms with van der Waals surface area (Å²) in [5.41, 5.74) is 4.48. The van der Waals surface area contributed by atoms with Gasteiger partial charge in [0.1, 0.15) is 5.82 Å². The molecule has 0 radical (unpaired) electrons. The molecule has 1 unspecified atom stereocenters. The quantitative estimate of drug-likeness (QED) is 0.445. The summed E-state index contributed by atoms with van der Waals surface area (Å²) < 4.78 is 13.1. The summed E-state index contributed by atoms with van der Waals surface area (Å²) >= 11 is 0. The third-order valence-corrected chi connectivity index (χ3v) is 6.48. The number of carbonyl (C=O) groups is 3. The van der Waals surface area contributed by atoms with Crippen LogP contribution in [0.4, 0.5) is 10.1 Å². The van der Waals surface area contributed by atoms with Crippen molar-refractivity contribution in [3.63, 3.8) is 0 Å². The molecule has 1 aliphatic heterocycles. The van der Waals surface area contributed by atoms with E-state index in [-0.39, 0.29) is 35.9 Å². The van der Waals surface area contributed by atoms with Crippen LogP contribution in [0.15, 0.2) is 72.8 Å². The van der Waals surface area contributed by atoms with Crippen molar-refractivity contribution >= 4 is 23.3 Å². The average Bonchev–Trinajstić information content (AvgIpc) is 2.88. The molecular weight excluding hydrogens is 457 g/mol. The van der Waals surface area contributed by atoms with Crippen LogP contribution in [0, 0.1) is 5.82 Å². The van der Waals surface area contributed by atoms with Crippen molar-refractivity contribution in [2.75, 3.05) is 18.4 Å². The summed E-state index contributed by atoms with van der Waals surface area (Å²) in [6, 6.07) is 20.7. The van der Waals surface area contributed by atoms with Crippen LogP contribution >= 0.6 is 0 Å². The standard InChI is InChI=1S/C29H30FN3O3/c1-20(34)22-8-12-26(13-9-22)32-28(35)15-17-33-19-24-5-3-2-4-23(24)18-27(33)29(36)31-16-14-21-6-10-25(30)11-7-21/h2-13,27H,14-19H2,1H3,(H,31,36)(H,32,35). The van der Waals surface area contributed by atoms with Crippen molar-refractivity contribution in [1.82, 2.24) is 10.2 Å². The SMILES string of the molecule is CC(=O)c1ccc(NC(=O)CCN2Cc3ccccc3CC2C(=O)NCCc2ccc(F)cc2)cc1. The van der Waals surface area contributed by atoms with Crippen molar-refractivity contribution in [3.05, 3.63) is 101 Å². The Morgan fingerprint density at radius 3 is 2.33 bits per heavy atom. The number of hydrogen-bond acceptors (Lipinski definition) is 4. The molecule has 0 aromatic heterocycles. The number of Topliss-reactive ketones (excluding diaryl/α,β-unsaturated/α-hetero) is 1. The summed E-state index contributed by atoms with van der Waals surface area (Å²) in [6.45, 7) is 2.97. The molecule has 36 heavy (non-hydrogen) atoms. The summed E-state index contributed by atoms with van der Waals surface area (Å²) in [5.74, 6) is -0.539. The molecule has 3 aromatic rings. The fourth-order valence-electron chi connectivity index (χ4n) is 4.43. The highest BCUT2D eigenvalue weighted by atomic mass is 19.1. The number of anilines is 1. The highest BCUT2D eigenvalue weighted by Gasteiger charge is 2.31. The van der Waals surface area contributed by atoms with Gasteiger partial charge in [0.25, 0.3) is 0 Å². The minimum absolute atomic E-state index is 0.0276. The number of fused-ring (bicyclic) bond motifs is 1. The van der Waals surface area contributed by atoms with E-state index in [2.05, 4.69) is 16.7 Å². The van der Waals surface area contributed by atoms with Crippen molar-refractivity contribution in [1.29, 1.82) is 0 Å². The molecule has 1 atom stereocenters. The minimum Gasteiger partial charge on any atom is -0.354 e. The maximum atomic E-state index is 13.1. The van der Waals surface area contributed by atoms with Crippen LogP contribution < -0.4 is 10.6 Å². The third-order valence-electron chi connectivity index (χ3n) is 6.48. The van der Waals surface area contributed by atoms with Crippen LogP contribution in [0.1, 0.15) is 40.4 Å². The zero-order valence-electron chi connectivity index (χ0n) is 20.3. The Hall–Kier alpha value is -3.84. The van der Waals surface area contributed by atoms with Gasteiger partial charge < -0.3 is 10.6 Å². The molecule has 7 heteroatoms. The molecule has 0 saturated carbocycles. The van der Waals surface area contributed by atoms with Crippen molar-refractivity contribution in [2.24, 2.45) is 0 Å². The first-order chi connectivity index (χ1) is 17.4. The lowest BCUT2D eigenvalue weighted by Crippen LogP contribution is -2.51. The molecule has 1 heterocycles. The number of ketones is 1. The average molecular weight is 488 g/mol. The highest BCUT2D eigenvalue weighted by molar-refractivity contribution is 5.95. The van der Waals surface area contributed by atoms with Gasteiger partial charge in [0, 0.05) is 37.3 Å². The summed E-state index contributed by atoms with van der Waals surface area (Å²) in [7, 11) is 0. The first-order valence-corrected chi connectivity index (χ1v) is 12.1.